The lowest BCUT2D eigenvalue weighted by molar-refractivity contribution is 0.392. The highest BCUT2D eigenvalue weighted by atomic mass is 35.5. The molecule has 0 rings (SSSR count). The summed E-state index contributed by atoms with van der Waals surface area (Å²) in [6, 6.07) is 0. The lowest BCUT2D eigenvalue weighted by Gasteiger charge is -2.30. The Labute approximate surface area is 98.6 Å². The maximum absolute atomic E-state index is 11.8. The normalized spacial score (nSPS) is 13.5. The third-order valence-corrected chi connectivity index (χ3v) is 4.90. The van der Waals surface area contributed by atoms with Gasteiger partial charge in [-0.3, -0.25) is 0 Å². The van der Waals surface area contributed by atoms with E-state index in [2.05, 4.69) is 4.72 Å². The molecule has 3 nitrogen and oxygen atoms in total. The summed E-state index contributed by atoms with van der Waals surface area (Å²) in [6.07, 6.45) is 1.43. The smallest absolute Gasteiger partial charge is 0.212 e. The van der Waals surface area contributed by atoms with E-state index in [1.165, 1.54) is 0 Å². The SMILES string of the molecule is CCC(CC)(CCl)NS(=O)(=O)CC(C)C. The van der Waals surface area contributed by atoms with Gasteiger partial charge >= 0.3 is 0 Å². The summed E-state index contributed by atoms with van der Waals surface area (Å²) >= 11 is 5.84. The van der Waals surface area contributed by atoms with Crippen LogP contribution in [0.15, 0.2) is 0 Å². The summed E-state index contributed by atoms with van der Waals surface area (Å²) in [5, 5.41) is 0. The first kappa shape index (κ1) is 15.2. The van der Waals surface area contributed by atoms with Crippen LogP contribution in [0.5, 0.6) is 0 Å². The Balaban J connectivity index is 4.67. The first-order chi connectivity index (χ1) is 6.81. The lowest BCUT2D eigenvalue weighted by atomic mass is 9.97. The van der Waals surface area contributed by atoms with Gasteiger partial charge in [0.1, 0.15) is 0 Å². The predicted molar refractivity (Wildman–Crippen MR) is 65.8 cm³/mol. The molecule has 0 aliphatic rings. The number of hydrogen-bond donors (Lipinski definition) is 1. The molecular weight excluding hydrogens is 234 g/mol. The van der Waals surface area contributed by atoms with Crippen LogP contribution in [0.4, 0.5) is 0 Å². The molecule has 0 fully saturated rings. The van der Waals surface area contributed by atoms with Gasteiger partial charge in [-0.25, -0.2) is 13.1 Å². The van der Waals surface area contributed by atoms with Crippen LogP contribution in [0.25, 0.3) is 0 Å². The van der Waals surface area contributed by atoms with Gasteiger partial charge in [-0.1, -0.05) is 27.7 Å². The molecule has 92 valence electrons. The molecule has 0 aliphatic carbocycles. The second-order valence-corrected chi connectivity index (χ2v) is 6.43. The molecule has 15 heavy (non-hydrogen) atoms. The second-order valence-electron chi connectivity index (χ2n) is 4.40. The number of halogens is 1. The van der Waals surface area contributed by atoms with Crippen LogP contribution < -0.4 is 4.72 Å². The largest absolute Gasteiger partial charge is 0.212 e. The summed E-state index contributed by atoms with van der Waals surface area (Å²) < 4.78 is 26.3. The number of hydrogen-bond acceptors (Lipinski definition) is 2. The van der Waals surface area contributed by atoms with Gasteiger partial charge in [0.15, 0.2) is 0 Å². The van der Waals surface area contributed by atoms with Crippen molar-refractivity contribution >= 4 is 21.6 Å². The third kappa shape index (κ3) is 5.18. The van der Waals surface area contributed by atoms with Crippen molar-refractivity contribution < 1.29 is 8.42 Å². The molecule has 0 saturated heterocycles. The van der Waals surface area contributed by atoms with Crippen LogP contribution in [0.3, 0.4) is 0 Å². The van der Waals surface area contributed by atoms with Crippen molar-refractivity contribution in [3.8, 4) is 0 Å². The quantitative estimate of drug-likeness (QED) is 0.710. The lowest BCUT2D eigenvalue weighted by Crippen LogP contribution is -2.50. The second kappa shape index (κ2) is 6.06. The van der Waals surface area contributed by atoms with Gasteiger partial charge < -0.3 is 0 Å². The third-order valence-electron chi connectivity index (χ3n) is 2.53. The first-order valence-electron chi connectivity index (χ1n) is 5.38. The van der Waals surface area contributed by atoms with Gasteiger partial charge in [-0.2, -0.15) is 0 Å². The fraction of sp³-hybridized carbons (Fsp3) is 1.00. The molecule has 0 saturated carbocycles. The van der Waals surface area contributed by atoms with E-state index in [4.69, 9.17) is 11.6 Å². The summed E-state index contributed by atoms with van der Waals surface area (Å²) in [6.45, 7) is 7.67. The minimum atomic E-state index is -3.21. The molecule has 0 heterocycles. The molecule has 0 atom stereocenters. The van der Waals surface area contributed by atoms with Gasteiger partial charge in [0.25, 0.3) is 0 Å². The molecule has 0 aliphatic heterocycles. The Kier molecular flexibility index (Phi) is 6.14. The van der Waals surface area contributed by atoms with Gasteiger partial charge in [-0.05, 0) is 18.8 Å². The number of sulfonamides is 1. The van der Waals surface area contributed by atoms with Crippen molar-refractivity contribution in [1.82, 2.24) is 4.72 Å². The standard InChI is InChI=1S/C10H22ClNO2S/c1-5-10(6-2,8-11)12-15(13,14)7-9(3)4/h9,12H,5-8H2,1-4H3. The molecule has 0 aromatic rings. The van der Waals surface area contributed by atoms with Crippen LogP contribution >= 0.6 is 11.6 Å². The topological polar surface area (TPSA) is 46.2 Å². The Morgan fingerprint density at radius 1 is 1.27 bits per heavy atom. The molecule has 0 amide bonds. The zero-order valence-electron chi connectivity index (χ0n) is 10.0. The van der Waals surface area contributed by atoms with E-state index in [1.807, 2.05) is 27.7 Å². The molecule has 1 N–H and O–H groups in total. The molecule has 0 aromatic carbocycles. The monoisotopic (exact) mass is 255 g/mol. The molecule has 5 heteroatoms. The van der Waals surface area contributed by atoms with Crippen LogP contribution in [-0.2, 0) is 10.0 Å². The van der Waals surface area contributed by atoms with Crippen molar-refractivity contribution in [3.63, 3.8) is 0 Å². The van der Waals surface area contributed by atoms with Crippen molar-refractivity contribution in [2.24, 2.45) is 5.92 Å². The first-order valence-corrected chi connectivity index (χ1v) is 7.57. The summed E-state index contributed by atoms with van der Waals surface area (Å²) in [7, 11) is -3.21. The number of alkyl halides is 1. The van der Waals surface area contributed by atoms with Crippen molar-refractivity contribution in [1.29, 1.82) is 0 Å². The molecule has 0 unspecified atom stereocenters. The zero-order chi connectivity index (χ0) is 12.1. The van der Waals surface area contributed by atoms with Crippen LogP contribution in [0.1, 0.15) is 40.5 Å². The highest BCUT2D eigenvalue weighted by molar-refractivity contribution is 7.89. The van der Waals surface area contributed by atoms with E-state index in [-0.39, 0.29) is 11.7 Å². The Bertz CT molecular complexity index is 263. The number of rotatable bonds is 7. The van der Waals surface area contributed by atoms with Crippen LogP contribution in [-0.4, -0.2) is 25.6 Å². The molecule has 0 radical (unpaired) electrons. The average Bonchev–Trinajstić information content (AvgIpc) is 2.12. The van der Waals surface area contributed by atoms with Crippen LogP contribution in [0, 0.1) is 5.92 Å². The van der Waals surface area contributed by atoms with Crippen molar-refractivity contribution in [2.75, 3.05) is 11.6 Å². The summed E-state index contributed by atoms with van der Waals surface area (Å²) in [4.78, 5) is 0. The fourth-order valence-electron chi connectivity index (χ4n) is 1.42. The zero-order valence-corrected chi connectivity index (χ0v) is 11.6. The minimum Gasteiger partial charge on any atom is -0.212 e. The highest BCUT2D eigenvalue weighted by Gasteiger charge is 2.30. The van der Waals surface area contributed by atoms with Crippen molar-refractivity contribution in [2.45, 2.75) is 46.1 Å². The van der Waals surface area contributed by atoms with E-state index >= 15 is 0 Å². The van der Waals surface area contributed by atoms with E-state index in [9.17, 15) is 8.42 Å². The summed E-state index contributed by atoms with van der Waals surface area (Å²) in [5.74, 6) is 0.604. The number of nitrogens with one attached hydrogen (secondary N) is 1. The maximum atomic E-state index is 11.8. The molecule has 0 spiro atoms. The molecule has 0 bridgehead atoms. The Hall–Kier alpha value is 0.200. The molecular formula is C10H22ClNO2S. The minimum absolute atomic E-state index is 0.129. The fourth-order valence-corrected chi connectivity index (χ4v) is 3.93. The van der Waals surface area contributed by atoms with E-state index in [0.29, 0.717) is 18.7 Å². The summed E-state index contributed by atoms with van der Waals surface area (Å²) in [5.41, 5.74) is -0.477. The van der Waals surface area contributed by atoms with Crippen molar-refractivity contribution in [3.05, 3.63) is 0 Å². The highest BCUT2D eigenvalue weighted by Crippen LogP contribution is 2.18. The van der Waals surface area contributed by atoms with Gasteiger partial charge in [0.2, 0.25) is 10.0 Å². The maximum Gasteiger partial charge on any atom is 0.212 e. The average molecular weight is 256 g/mol. The Morgan fingerprint density at radius 2 is 1.73 bits per heavy atom. The predicted octanol–water partition coefficient (Wildman–Crippen LogP) is 2.36. The van der Waals surface area contributed by atoms with E-state index in [1.54, 1.807) is 0 Å². The molecule has 0 aromatic heterocycles. The van der Waals surface area contributed by atoms with E-state index in [0.717, 1.165) is 0 Å². The van der Waals surface area contributed by atoms with Gasteiger partial charge in [0.05, 0.1) is 5.75 Å². The Morgan fingerprint density at radius 3 is 2.00 bits per heavy atom. The van der Waals surface area contributed by atoms with Gasteiger partial charge in [0, 0.05) is 11.4 Å². The van der Waals surface area contributed by atoms with Gasteiger partial charge in [-0.15, -0.1) is 11.6 Å². The van der Waals surface area contributed by atoms with E-state index < -0.39 is 15.6 Å². The van der Waals surface area contributed by atoms with Crippen LogP contribution in [0.2, 0.25) is 0 Å².